The molecule has 29 heavy (non-hydrogen) atoms. The molecule has 0 saturated heterocycles. The van der Waals surface area contributed by atoms with Crippen LogP contribution in [0.25, 0.3) is 0 Å². The molecule has 0 saturated carbocycles. The van der Waals surface area contributed by atoms with Crippen LogP contribution in [0.15, 0.2) is 72.9 Å². The number of amides is 2. The quantitative estimate of drug-likeness (QED) is 0.653. The van der Waals surface area contributed by atoms with Gasteiger partial charge in [-0.15, -0.1) is 0 Å². The van der Waals surface area contributed by atoms with Crippen LogP contribution in [0.2, 0.25) is 0 Å². The lowest BCUT2D eigenvalue weighted by atomic mass is 10.1. The summed E-state index contributed by atoms with van der Waals surface area (Å²) in [6.07, 6.45) is 1.44. The normalized spacial score (nSPS) is 10.3. The number of carbonyl (C=O) groups excluding carboxylic acids is 3. The highest BCUT2D eigenvalue weighted by molar-refractivity contribution is 6.05. The fraction of sp³-hybridized carbons (Fsp3) is 0.130. The summed E-state index contributed by atoms with van der Waals surface area (Å²) in [5, 5.41) is 2.71. The van der Waals surface area contributed by atoms with Crippen molar-refractivity contribution >= 4 is 23.3 Å². The van der Waals surface area contributed by atoms with Crippen LogP contribution in [-0.4, -0.2) is 34.5 Å². The van der Waals surface area contributed by atoms with Gasteiger partial charge in [-0.05, 0) is 36.8 Å². The van der Waals surface area contributed by atoms with E-state index >= 15 is 0 Å². The van der Waals surface area contributed by atoms with Gasteiger partial charge >= 0.3 is 0 Å². The van der Waals surface area contributed by atoms with E-state index in [1.165, 1.54) is 19.2 Å². The molecule has 3 aromatic rings. The molecule has 0 aliphatic carbocycles. The standard InChI is InChI=1S/C23H21N3O3/c1-16(27)18-9-6-10-20(13-18)25-22(28)21-14-19(11-12-24-21)23(29)26(2)15-17-7-4-3-5-8-17/h3-14H,15H2,1-2H3,(H,25,28). The third-order valence-corrected chi connectivity index (χ3v) is 4.38. The SMILES string of the molecule is CC(=O)c1cccc(NC(=O)c2cc(C(=O)N(C)Cc3ccccc3)ccn2)c1. The lowest BCUT2D eigenvalue weighted by Crippen LogP contribution is -2.26. The molecule has 0 fully saturated rings. The van der Waals surface area contributed by atoms with E-state index in [4.69, 9.17) is 0 Å². The maximum absolute atomic E-state index is 12.7. The first-order chi connectivity index (χ1) is 13.9. The highest BCUT2D eigenvalue weighted by Gasteiger charge is 2.16. The van der Waals surface area contributed by atoms with E-state index in [-0.39, 0.29) is 17.4 Å². The third-order valence-electron chi connectivity index (χ3n) is 4.38. The number of pyridine rings is 1. The molecule has 0 radical (unpaired) electrons. The van der Waals surface area contributed by atoms with Gasteiger partial charge < -0.3 is 10.2 Å². The number of nitrogens with zero attached hydrogens (tertiary/aromatic N) is 2. The Kier molecular flexibility index (Phi) is 6.14. The summed E-state index contributed by atoms with van der Waals surface area (Å²) >= 11 is 0. The molecule has 1 N–H and O–H groups in total. The zero-order chi connectivity index (χ0) is 20.8. The fourth-order valence-corrected chi connectivity index (χ4v) is 2.85. The maximum Gasteiger partial charge on any atom is 0.274 e. The highest BCUT2D eigenvalue weighted by atomic mass is 16.2. The van der Waals surface area contributed by atoms with E-state index in [1.807, 2.05) is 30.3 Å². The van der Waals surface area contributed by atoms with Gasteiger partial charge in [0.25, 0.3) is 11.8 Å². The van der Waals surface area contributed by atoms with Crippen LogP contribution in [-0.2, 0) is 6.54 Å². The van der Waals surface area contributed by atoms with Crippen molar-refractivity contribution in [2.45, 2.75) is 13.5 Å². The summed E-state index contributed by atoms with van der Waals surface area (Å²) in [6, 6.07) is 19.4. The maximum atomic E-state index is 12.7. The molecule has 1 aromatic heterocycles. The molecule has 0 unspecified atom stereocenters. The van der Waals surface area contributed by atoms with Crippen molar-refractivity contribution in [1.82, 2.24) is 9.88 Å². The largest absolute Gasteiger partial charge is 0.337 e. The number of anilines is 1. The summed E-state index contributed by atoms with van der Waals surface area (Å²) in [6.45, 7) is 1.92. The Morgan fingerprint density at radius 3 is 2.41 bits per heavy atom. The van der Waals surface area contributed by atoms with Crippen LogP contribution in [0.1, 0.15) is 43.7 Å². The van der Waals surface area contributed by atoms with Gasteiger partial charge in [-0.2, -0.15) is 0 Å². The molecule has 0 spiro atoms. The fourth-order valence-electron chi connectivity index (χ4n) is 2.85. The summed E-state index contributed by atoms with van der Waals surface area (Å²) in [5.41, 5.74) is 2.50. The number of Topliss-reactive ketones (excluding diaryl/α,β-unsaturated/α-hetero) is 1. The molecular formula is C23H21N3O3. The minimum atomic E-state index is -0.453. The van der Waals surface area contributed by atoms with Crippen molar-refractivity contribution in [3.8, 4) is 0 Å². The molecule has 3 rings (SSSR count). The van der Waals surface area contributed by atoms with Crippen LogP contribution in [0.5, 0.6) is 0 Å². The lowest BCUT2D eigenvalue weighted by molar-refractivity contribution is 0.0784. The molecular weight excluding hydrogens is 366 g/mol. The minimum absolute atomic E-state index is 0.0896. The number of carbonyl (C=O) groups is 3. The molecule has 1 heterocycles. The van der Waals surface area contributed by atoms with Crippen LogP contribution < -0.4 is 5.32 Å². The highest BCUT2D eigenvalue weighted by Crippen LogP contribution is 2.14. The van der Waals surface area contributed by atoms with E-state index in [2.05, 4.69) is 10.3 Å². The van der Waals surface area contributed by atoms with Crippen molar-refractivity contribution in [3.63, 3.8) is 0 Å². The molecule has 146 valence electrons. The zero-order valence-electron chi connectivity index (χ0n) is 16.3. The second-order valence-electron chi connectivity index (χ2n) is 6.67. The van der Waals surface area contributed by atoms with Crippen LogP contribution in [0, 0.1) is 0 Å². The Morgan fingerprint density at radius 2 is 1.69 bits per heavy atom. The summed E-state index contributed by atoms with van der Waals surface area (Å²) in [5.74, 6) is -0.747. The predicted octanol–water partition coefficient (Wildman–Crippen LogP) is 3.81. The van der Waals surface area contributed by atoms with E-state index < -0.39 is 5.91 Å². The Labute approximate surface area is 169 Å². The number of ketones is 1. The average molecular weight is 387 g/mol. The van der Waals surface area contributed by atoms with Gasteiger partial charge in [0.05, 0.1) is 0 Å². The number of rotatable bonds is 6. The zero-order valence-corrected chi connectivity index (χ0v) is 16.3. The van der Waals surface area contributed by atoms with Crippen molar-refractivity contribution < 1.29 is 14.4 Å². The summed E-state index contributed by atoms with van der Waals surface area (Å²) in [7, 11) is 1.71. The van der Waals surface area contributed by atoms with E-state index in [0.717, 1.165) is 5.56 Å². The van der Waals surface area contributed by atoms with Crippen molar-refractivity contribution in [3.05, 3.63) is 95.3 Å². The second kappa shape index (κ2) is 8.93. The third kappa shape index (κ3) is 5.13. The molecule has 2 amide bonds. The lowest BCUT2D eigenvalue weighted by Gasteiger charge is -2.17. The van der Waals surface area contributed by atoms with Gasteiger partial charge in [0.2, 0.25) is 0 Å². The first kappa shape index (κ1) is 19.9. The van der Waals surface area contributed by atoms with Gasteiger partial charge in [0, 0.05) is 36.6 Å². The average Bonchev–Trinajstić information content (AvgIpc) is 2.74. The Balaban J connectivity index is 1.73. The number of nitrogens with one attached hydrogen (secondary N) is 1. The Hall–Kier alpha value is -3.80. The summed E-state index contributed by atoms with van der Waals surface area (Å²) < 4.78 is 0. The molecule has 0 aliphatic rings. The number of hydrogen-bond donors (Lipinski definition) is 1. The monoisotopic (exact) mass is 387 g/mol. The Morgan fingerprint density at radius 1 is 0.931 bits per heavy atom. The summed E-state index contributed by atoms with van der Waals surface area (Å²) in [4.78, 5) is 42.4. The molecule has 0 bridgehead atoms. The van der Waals surface area contributed by atoms with E-state index in [1.54, 1.807) is 42.3 Å². The van der Waals surface area contributed by atoms with Gasteiger partial charge in [-0.3, -0.25) is 19.4 Å². The minimum Gasteiger partial charge on any atom is -0.337 e. The van der Waals surface area contributed by atoms with Crippen LogP contribution in [0.4, 0.5) is 5.69 Å². The first-order valence-corrected chi connectivity index (χ1v) is 9.12. The topological polar surface area (TPSA) is 79.4 Å². The number of hydrogen-bond acceptors (Lipinski definition) is 4. The van der Waals surface area contributed by atoms with Crippen molar-refractivity contribution in [1.29, 1.82) is 0 Å². The molecule has 6 nitrogen and oxygen atoms in total. The first-order valence-electron chi connectivity index (χ1n) is 9.12. The second-order valence-corrected chi connectivity index (χ2v) is 6.67. The predicted molar refractivity (Wildman–Crippen MR) is 111 cm³/mol. The molecule has 6 heteroatoms. The Bertz CT molecular complexity index is 1050. The smallest absolute Gasteiger partial charge is 0.274 e. The van der Waals surface area contributed by atoms with E-state index in [0.29, 0.717) is 23.4 Å². The number of benzene rings is 2. The molecule has 0 aliphatic heterocycles. The van der Waals surface area contributed by atoms with Crippen LogP contribution in [0.3, 0.4) is 0 Å². The van der Waals surface area contributed by atoms with Crippen molar-refractivity contribution in [2.24, 2.45) is 0 Å². The van der Waals surface area contributed by atoms with Gasteiger partial charge in [0.1, 0.15) is 5.69 Å². The van der Waals surface area contributed by atoms with Gasteiger partial charge in [-0.1, -0.05) is 42.5 Å². The van der Waals surface area contributed by atoms with Crippen LogP contribution >= 0.6 is 0 Å². The van der Waals surface area contributed by atoms with Gasteiger partial charge in [-0.25, -0.2) is 0 Å². The number of aromatic nitrogens is 1. The van der Waals surface area contributed by atoms with Gasteiger partial charge in [0.15, 0.2) is 5.78 Å². The van der Waals surface area contributed by atoms with Crippen molar-refractivity contribution in [2.75, 3.05) is 12.4 Å². The van der Waals surface area contributed by atoms with E-state index in [9.17, 15) is 14.4 Å². The molecule has 2 aromatic carbocycles. The molecule has 0 atom stereocenters.